The van der Waals surface area contributed by atoms with Crippen LogP contribution in [0.2, 0.25) is 0 Å². The van der Waals surface area contributed by atoms with E-state index in [4.69, 9.17) is 0 Å². The molecule has 0 spiro atoms. The Morgan fingerprint density at radius 3 is 2.62 bits per heavy atom. The van der Waals surface area contributed by atoms with E-state index in [1.54, 1.807) is 0 Å². The van der Waals surface area contributed by atoms with E-state index in [0.29, 0.717) is 0 Å². The van der Waals surface area contributed by atoms with Gasteiger partial charge >= 0.3 is 0 Å². The Labute approximate surface area is 126 Å². The molecule has 1 aromatic carbocycles. The molecule has 0 unspecified atom stereocenters. The summed E-state index contributed by atoms with van der Waals surface area (Å²) in [6.45, 7) is 8.40. The molecule has 1 fully saturated rings. The molecule has 1 aliphatic heterocycles. The average Bonchev–Trinajstić information content (AvgIpc) is 2.79. The van der Waals surface area contributed by atoms with Crippen molar-refractivity contribution in [3.05, 3.63) is 41.5 Å². The number of nitrogens with zero attached hydrogens (tertiary/aromatic N) is 3. The Morgan fingerprint density at radius 1 is 0.952 bits per heavy atom. The highest BCUT2D eigenvalue weighted by Gasteiger charge is 2.11. The van der Waals surface area contributed by atoms with Crippen molar-refractivity contribution in [2.75, 3.05) is 31.1 Å². The summed E-state index contributed by atoms with van der Waals surface area (Å²) < 4.78 is 0. The molecule has 21 heavy (non-hydrogen) atoms. The number of anilines is 1. The van der Waals surface area contributed by atoms with E-state index in [1.165, 1.54) is 11.1 Å². The monoisotopic (exact) mass is 282 g/mol. The van der Waals surface area contributed by atoms with Crippen molar-refractivity contribution in [2.24, 2.45) is 0 Å². The lowest BCUT2D eigenvalue weighted by Crippen LogP contribution is -2.28. The molecule has 4 nitrogen and oxygen atoms in total. The summed E-state index contributed by atoms with van der Waals surface area (Å²) in [5.74, 6) is 0.978. The first-order chi connectivity index (χ1) is 10.2. The Hall–Kier alpha value is -1.94. The summed E-state index contributed by atoms with van der Waals surface area (Å²) in [6, 6.07) is 10.6. The highest BCUT2D eigenvalue weighted by Crippen LogP contribution is 2.21. The van der Waals surface area contributed by atoms with Gasteiger partial charge in [0.2, 0.25) is 0 Å². The molecular weight excluding hydrogens is 260 g/mol. The minimum absolute atomic E-state index is 0.940. The summed E-state index contributed by atoms with van der Waals surface area (Å²) in [6.07, 6.45) is 1.15. The van der Waals surface area contributed by atoms with E-state index < -0.39 is 0 Å². The topological polar surface area (TPSA) is 41.0 Å². The second kappa shape index (κ2) is 6.22. The Kier molecular flexibility index (Phi) is 4.15. The van der Waals surface area contributed by atoms with Crippen molar-refractivity contribution in [3.63, 3.8) is 0 Å². The van der Waals surface area contributed by atoms with E-state index in [1.807, 2.05) is 0 Å². The molecular formula is C17H22N4. The quantitative estimate of drug-likeness (QED) is 0.919. The third kappa shape index (κ3) is 3.22. The number of aromatic nitrogens is 2. The van der Waals surface area contributed by atoms with Crippen molar-refractivity contribution < 1.29 is 0 Å². The second-order valence-electron chi connectivity index (χ2n) is 5.67. The first-order valence-electron chi connectivity index (χ1n) is 7.61. The first-order valence-corrected chi connectivity index (χ1v) is 7.61. The molecule has 0 saturated carbocycles. The van der Waals surface area contributed by atoms with Crippen molar-refractivity contribution >= 4 is 5.82 Å². The molecule has 1 aliphatic rings. The van der Waals surface area contributed by atoms with Gasteiger partial charge in [-0.15, -0.1) is 10.2 Å². The zero-order valence-corrected chi connectivity index (χ0v) is 12.8. The normalized spacial score (nSPS) is 15.8. The fraction of sp³-hybridized carbons (Fsp3) is 0.412. The van der Waals surface area contributed by atoms with Gasteiger partial charge in [0.05, 0.1) is 5.69 Å². The second-order valence-corrected chi connectivity index (χ2v) is 5.67. The molecule has 3 rings (SSSR count). The van der Waals surface area contributed by atoms with Gasteiger partial charge in [-0.05, 0) is 56.1 Å². The van der Waals surface area contributed by atoms with Gasteiger partial charge < -0.3 is 10.2 Å². The molecule has 0 radical (unpaired) electrons. The van der Waals surface area contributed by atoms with Crippen LogP contribution in [0.25, 0.3) is 11.3 Å². The Morgan fingerprint density at radius 2 is 1.86 bits per heavy atom. The fourth-order valence-electron chi connectivity index (χ4n) is 2.62. The maximum atomic E-state index is 4.42. The summed E-state index contributed by atoms with van der Waals surface area (Å²) in [5, 5.41) is 12.2. The van der Waals surface area contributed by atoms with Crippen LogP contribution in [0, 0.1) is 13.8 Å². The van der Waals surface area contributed by atoms with E-state index in [2.05, 4.69) is 64.6 Å². The minimum atomic E-state index is 0.940. The largest absolute Gasteiger partial charge is 0.354 e. The van der Waals surface area contributed by atoms with Gasteiger partial charge in [0, 0.05) is 25.2 Å². The number of aryl methyl sites for hydroxylation is 2. The van der Waals surface area contributed by atoms with E-state index in [-0.39, 0.29) is 0 Å². The predicted molar refractivity (Wildman–Crippen MR) is 86.6 cm³/mol. The van der Waals surface area contributed by atoms with E-state index >= 15 is 0 Å². The average molecular weight is 282 g/mol. The molecule has 0 atom stereocenters. The molecule has 0 aliphatic carbocycles. The molecule has 0 amide bonds. The minimum Gasteiger partial charge on any atom is -0.354 e. The summed E-state index contributed by atoms with van der Waals surface area (Å²) in [4.78, 5) is 2.30. The summed E-state index contributed by atoms with van der Waals surface area (Å²) in [5.41, 5.74) is 4.67. The van der Waals surface area contributed by atoms with Gasteiger partial charge in [0.15, 0.2) is 5.82 Å². The highest BCUT2D eigenvalue weighted by atomic mass is 15.3. The smallest absolute Gasteiger partial charge is 0.151 e. The highest BCUT2D eigenvalue weighted by molar-refractivity contribution is 5.61. The molecule has 2 aromatic rings. The number of nitrogens with one attached hydrogen (secondary N) is 1. The van der Waals surface area contributed by atoms with E-state index in [9.17, 15) is 0 Å². The number of rotatable bonds is 2. The molecule has 4 heteroatoms. The Balaban J connectivity index is 1.81. The lowest BCUT2D eigenvalue weighted by molar-refractivity contribution is 0.724. The molecule has 1 aromatic heterocycles. The summed E-state index contributed by atoms with van der Waals surface area (Å²) in [7, 11) is 0. The number of hydrogen-bond donors (Lipinski definition) is 1. The molecule has 110 valence electrons. The van der Waals surface area contributed by atoms with Crippen LogP contribution in [0.4, 0.5) is 5.82 Å². The fourth-order valence-corrected chi connectivity index (χ4v) is 2.62. The third-order valence-corrected chi connectivity index (χ3v) is 4.12. The van der Waals surface area contributed by atoms with Crippen LogP contribution in [-0.4, -0.2) is 36.4 Å². The molecule has 2 heterocycles. The van der Waals surface area contributed by atoms with Crippen LogP contribution in [0.15, 0.2) is 30.3 Å². The van der Waals surface area contributed by atoms with Gasteiger partial charge in [0.1, 0.15) is 0 Å². The van der Waals surface area contributed by atoms with Crippen LogP contribution < -0.4 is 10.2 Å². The zero-order chi connectivity index (χ0) is 14.7. The SMILES string of the molecule is Cc1ccc(-c2ccc(N3CCCNCC3)nn2)cc1C. The lowest BCUT2D eigenvalue weighted by atomic mass is 10.0. The van der Waals surface area contributed by atoms with Crippen molar-refractivity contribution in [1.29, 1.82) is 0 Å². The standard InChI is InChI=1S/C17H22N4/c1-13-4-5-15(12-14(13)2)16-6-7-17(20-19-16)21-10-3-8-18-9-11-21/h4-7,12,18H,3,8-11H2,1-2H3. The van der Waals surface area contributed by atoms with Gasteiger partial charge in [0.25, 0.3) is 0 Å². The van der Waals surface area contributed by atoms with Crippen LogP contribution in [0.1, 0.15) is 17.5 Å². The van der Waals surface area contributed by atoms with Gasteiger partial charge in [-0.2, -0.15) is 0 Å². The van der Waals surface area contributed by atoms with E-state index in [0.717, 1.165) is 49.7 Å². The Bertz CT molecular complexity index is 599. The maximum absolute atomic E-state index is 4.42. The first kappa shape index (κ1) is 14.0. The molecule has 1 saturated heterocycles. The van der Waals surface area contributed by atoms with Crippen molar-refractivity contribution in [2.45, 2.75) is 20.3 Å². The molecule has 1 N–H and O–H groups in total. The van der Waals surface area contributed by atoms with Crippen LogP contribution in [0.5, 0.6) is 0 Å². The van der Waals surface area contributed by atoms with Gasteiger partial charge in [-0.25, -0.2) is 0 Å². The number of hydrogen-bond acceptors (Lipinski definition) is 4. The molecule has 0 bridgehead atoms. The zero-order valence-electron chi connectivity index (χ0n) is 12.8. The van der Waals surface area contributed by atoms with Crippen LogP contribution >= 0.6 is 0 Å². The maximum Gasteiger partial charge on any atom is 0.151 e. The van der Waals surface area contributed by atoms with Crippen LogP contribution in [-0.2, 0) is 0 Å². The van der Waals surface area contributed by atoms with Gasteiger partial charge in [-0.1, -0.05) is 12.1 Å². The van der Waals surface area contributed by atoms with Crippen LogP contribution in [0.3, 0.4) is 0 Å². The number of benzene rings is 1. The third-order valence-electron chi connectivity index (χ3n) is 4.12. The summed E-state index contributed by atoms with van der Waals surface area (Å²) >= 11 is 0. The van der Waals surface area contributed by atoms with Crippen molar-refractivity contribution in [3.8, 4) is 11.3 Å². The predicted octanol–water partition coefficient (Wildman–Crippen LogP) is 2.56. The van der Waals surface area contributed by atoms with Gasteiger partial charge in [-0.3, -0.25) is 0 Å². The lowest BCUT2D eigenvalue weighted by Gasteiger charge is -2.20. The van der Waals surface area contributed by atoms with Crippen molar-refractivity contribution in [1.82, 2.24) is 15.5 Å².